The first-order valence-corrected chi connectivity index (χ1v) is 7.47. The fraction of sp³-hybridized carbons (Fsp3) is 0.176. The van der Waals surface area contributed by atoms with Gasteiger partial charge in [0.05, 0.1) is 0 Å². The number of thiol groups is 1. The SMILES string of the molecule is O=C(NC(Cc1ccc(S)cc1)C(=O)O)OCc1ccccc1. The number of nitrogens with one attached hydrogen (secondary N) is 1. The predicted octanol–water partition coefficient (Wildman–Crippen LogP) is 2.90. The van der Waals surface area contributed by atoms with Crippen molar-refractivity contribution in [3.8, 4) is 0 Å². The molecule has 120 valence electrons. The van der Waals surface area contributed by atoms with Gasteiger partial charge in [0.2, 0.25) is 0 Å². The molecule has 0 aliphatic heterocycles. The average molecular weight is 331 g/mol. The maximum absolute atomic E-state index is 11.8. The molecular formula is C17H17NO4S. The van der Waals surface area contributed by atoms with Crippen LogP contribution in [0.4, 0.5) is 4.79 Å². The van der Waals surface area contributed by atoms with Crippen LogP contribution in [-0.4, -0.2) is 23.2 Å². The molecule has 0 saturated carbocycles. The Bertz CT molecular complexity index is 658. The van der Waals surface area contributed by atoms with Crippen LogP contribution < -0.4 is 5.32 Å². The fourth-order valence-corrected chi connectivity index (χ4v) is 2.12. The summed E-state index contributed by atoms with van der Waals surface area (Å²) < 4.78 is 5.04. The molecule has 0 aromatic heterocycles. The highest BCUT2D eigenvalue weighted by molar-refractivity contribution is 7.80. The summed E-state index contributed by atoms with van der Waals surface area (Å²) in [4.78, 5) is 23.8. The Balaban J connectivity index is 1.89. The Labute approximate surface area is 139 Å². The Morgan fingerprint density at radius 2 is 1.70 bits per heavy atom. The summed E-state index contributed by atoms with van der Waals surface area (Å²) in [6.45, 7) is 0.0906. The molecule has 1 unspecified atom stereocenters. The van der Waals surface area contributed by atoms with Crippen LogP contribution in [0.5, 0.6) is 0 Å². The molecule has 0 heterocycles. The predicted molar refractivity (Wildman–Crippen MR) is 88.6 cm³/mol. The summed E-state index contributed by atoms with van der Waals surface area (Å²) >= 11 is 4.17. The number of aliphatic carboxylic acids is 1. The minimum Gasteiger partial charge on any atom is -0.480 e. The first-order valence-electron chi connectivity index (χ1n) is 7.02. The van der Waals surface area contributed by atoms with E-state index >= 15 is 0 Å². The van der Waals surface area contributed by atoms with Crippen molar-refractivity contribution >= 4 is 24.7 Å². The molecule has 2 aromatic carbocycles. The van der Waals surface area contributed by atoms with Crippen LogP contribution in [0.15, 0.2) is 59.5 Å². The first kappa shape index (κ1) is 16.9. The van der Waals surface area contributed by atoms with E-state index in [-0.39, 0.29) is 13.0 Å². The van der Waals surface area contributed by atoms with Crippen LogP contribution in [0.25, 0.3) is 0 Å². The highest BCUT2D eigenvalue weighted by Gasteiger charge is 2.21. The number of amides is 1. The zero-order valence-electron chi connectivity index (χ0n) is 12.3. The Morgan fingerprint density at radius 1 is 1.04 bits per heavy atom. The summed E-state index contributed by atoms with van der Waals surface area (Å²) in [5, 5.41) is 11.6. The van der Waals surface area contributed by atoms with E-state index in [0.29, 0.717) is 0 Å². The van der Waals surface area contributed by atoms with Crippen molar-refractivity contribution in [3.05, 3.63) is 65.7 Å². The minimum absolute atomic E-state index is 0.0906. The molecule has 6 heteroatoms. The quantitative estimate of drug-likeness (QED) is 0.712. The fourth-order valence-electron chi connectivity index (χ4n) is 1.97. The molecule has 0 bridgehead atoms. The monoisotopic (exact) mass is 331 g/mol. The summed E-state index contributed by atoms with van der Waals surface area (Å²) in [5.74, 6) is -1.11. The number of hydrogen-bond acceptors (Lipinski definition) is 4. The zero-order valence-corrected chi connectivity index (χ0v) is 13.2. The molecule has 5 nitrogen and oxygen atoms in total. The molecule has 0 aliphatic rings. The van der Waals surface area contributed by atoms with Gasteiger partial charge in [0.15, 0.2) is 0 Å². The summed E-state index contributed by atoms with van der Waals surface area (Å²) in [6.07, 6.45) is -0.587. The average Bonchev–Trinajstić information content (AvgIpc) is 2.55. The van der Waals surface area contributed by atoms with E-state index < -0.39 is 18.1 Å². The Morgan fingerprint density at radius 3 is 2.30 bits per heavy atom. The van der Waals surface area contributed by atoms with E-state index in [4.69, 9.17) is 4.74 Å². The van der Waals surface area contributed by atoms with Crippen LogP contribution in [0, 0.1) is 0 Å². The maximum atomic E-state index is 11.8. The van der Waals surface area contributed by atoms with E-state index in [2.05, 4.69) is 17.9 Å². The second kappa shape index (κ2) is 8.24. The lowest BCUT2D eigenvalue weighted by atomic mass is 10.1. The van der Waals surface area contributed by atoms with Gasteiger partial charge in [-0.05, 0) is 23.3 Å². The summed E-state index contributed by atoms with van der Waals surface area (Å²) in [7, 11) is 0. The van der Waals surface area contributed by atoms with Crippen molar-refractivity contribution in [2.24, 2.45) is 0 Å². The summed E-state index contributed by atoms with van der Waals surface area (Å²) in [6, 6.07) is 15.2. The van der Waals surface area contributed by atoms with E-state index in [0.717, 1.165) is 16.0 Å². The van der Waals surface area contributed by atoms with Crippen molar-refractivity contribution in [1.82, 2.24) is 5.32 Å². The first-order chi connectivity index (χ1) is 11.0. The molecule has 2 N–H and O–H groups in total. The Kier molecular flexibility index (Phi) is 6.05. The van der Waals surface area contributed by atoms with E-state index in [9.17, 15) is 14.7 Å². The number of carboxylic acids is 1. The van der Waals surface area contributed by atoms with E-state index in [1.165, 1.54) is 0 Å². The van der Waals surface area contributed by atoms with Crippen LogP contribution in [0.1, 0.15) is 11.1 Å². The van der Waals surface area contributed by atoms with Crippen molar-refractivity contribution in [3.63, 3.8) is 0 Å². The molecule has 0 fully saturated rings. The third-order valence-electron chi connectivity index (χ3n) is 3.18. The number of rotatable bonds is 6. The van der Waals surface area contributed by atoms with E-state index in [1.54, 1.807) is 24.3 Å². The number of hydrogen-bond donors (Lipinski definition) is 3. The molecular weight excluding hydrogens is 314 g/mol. The van der Waals surface area contributed by atoms with Gasteiger partial charge < -0.3 is 15.2 Å². The minimum atomic E-state index is -1.11. The largest absolute Gasteiger partial charge is 0.480 e. The van der Waals surface area contributed by atoms with E-state index in [1.807, 2.05) is 30.3 Å². The molecule has 0 saturated heterocycles. The van der Waals surface area contributed by atoms with Crippen molar-refractivity contribution in [1.29, 1.82) is 0 Å². The van der Waals surface area contributed by atoms with Gasteiger partial charge in [-0.25, -0.2) is 9.59 Å². The van der Waals surface area contributed by atoms with Crippen LogP contribution >= 0.6 is 12.6 Å². The number of benzene rings is 2. The standard InChI is InChI=1S/C17H17NO4S/c19-16(20)15(10-12-6-8-14(23)9-7-12)18-17(21)22-11-13-4-2-1-3-5-13/h1-9,15,23H,10-11H2,(H,18,21)(H,19,20). The second-order valence-electron chi connectivity index (χ2n) is 4.97. The van der Waals surface area contributed by atoms with Crippen molar-refractivity contribution < 1.29 is 19.4 Å². The van der Waals surface area contributed by atoms with Gasteiger partial charge in [-0.3, -0.25) is 0 Å². The van der Waals surface area contributed by atoms with Gasteiger partial charge >= 0.3 is 12.1 Å². The topological polar surface area (TPSA) is 75.6 Å². The van der Waals surface area contributed by atoms with Gasteiger partial charge in [-0.2, -0.15) is 0 Å². The van der Waals surface area contributed by atoms with Gasteiger partial charge in [-0.1, -0.05) is 42.5 Å². The third kappa shape index (κ3) is 5.67. The number of ether oxygens (including phenoxy) is 1. The zero-order chi connectivity index (χ0) is 16.7. The molecule has 0 spiro atoms. The molecule has 2 rings (SSSR count). The van der Waals surface area contributed by atoms with Gasteiger partial charge in [0.1, 0.15) is 12.6 Å². The number of carbonyl (C=O) groups is 2. The van der Waals surface area contributed by atoms with Crippen LogP contribution in [0.2, 0.25) is 0 Å². The normalized spacial score (nSPS) is 11.5. The number of carboxylic acid groups (broad SMARTS) is 1. The molecule has 23 heavy (non-hydrogen) atoms. The van der Waals surface area contributed by atoms with Gasteiger partial charge in [0, 0.05) is 11.3 Å². The van der Waals surface area contributed by atoms with Crippen molar-refractivity contribution in [2.75, 3.05) is 0 Å². The molecule has 0 radical (unpaired) electrons. The lowest BCUT2D eigenvalue weighted by Gasteiger charge is -2.15. The third-order valence-corrected chi connectivity index (χ3v) is 3.48. The lowest BCUT2D eigenvalue weighted by Crippen LogP contribution is -2.42. The number of alkyl carbamates (subject to hydrolysis) is 1. The second-order valence-corrected chi connectivity index (χ2v) is 5.48. The molecule has 1 atom stereocenters. The highest BCUT2D eigenvalue weighted by Crippen LogP contribution is 2.10. The van der Waals surface area contributed by atoms with Crippen LogP contribution in [-0.2, 0) is 22.6 Å². The Hall–Kier alpha value is -2.47. The molecule has 1 amide bonds. The van der Waals surface area contributed by atoms with Gasteiger partial charge in [-0.15, -0.1) is 12.6 Å². The van der Waals surface area contributed by atoms with Crippen LogP contribution in [0.3, 0.4) is 0 Å². The van der Waals surface area contributed by atoms with Crippen molar-refractivity contribution in [2.45, 2.75) is 24.0 Å². The highest BCUT2D eigenvalue weighted by atomic mass is 32.1. The maximum Gasteiger partial charge on any atom is 0.408 e. The smallest absolute Gasteiger partial charge is 0.408 e. The molecule has 0 aliphatic carbocycles. The number of carbonyl (C=O) groups excluding carboxylic acids is 1. The lowest BCUT2D eigenvalue weighted by molar-refractivity contribution is -0.139. The summed E-state index contributed by atoms with van der Waals surface area (Å²) in [5.41, 5.74) is 1.62. The molecule has 2 aromatic rings. The van der Waals surface area contributed by atoms with Gasteiger partial charge in [0.25, 0.3) is 0 Å².